The second-order valence-corrected chi connectivity index (χ2v) is 11.7. The van der Waals surface area contributed by atoms with E-state index in [4.69, 9.17) is 18.9 Å². The van der Waals surface area contributed by atoms with Crippen molar-refractivity contribution in [2.45, 2.75) is 117 Å². The Bertz CT molecular complexity index is 848. The van der Waals surface area contributed by atoms with Gasteiger partial charge in [0.15, 0.2) is 37.4 Å². The van der Waals surface area contributed by atoms with E-state index in [0.717, 1.165) is 24.2 Å². The van der Waals surface area contributed by atoms with Crippen LogP contribution in [-0.2, 0) is 32.0 Å². The molecule has 2 aromatic heterocycles. The Labute approximate surface area is 269 Å². The quantitative estimate of drug-likeness (QED) is 0.192. The van der Waals surface area contributed by atoms with Crippen molar-refractivity contribution in [1.29, 1.82) is 0 Å². The number of nitrogens with zero attached hydrogens (tertiary/aromatic N) is 2. The van der Waals surface area contributed by atoms with Crippen molar-refractivity contribution in [3.05, 3.63) is 60.2 Å². The molecular formula is C33H52Br2N2O4. The molecule has 2 fully saturated rings. The van der Waals surface area contributed by atoms with Gasteiger partial charge >= 0.3 is 0 Å². The Hall–Kier alpha value is -0.900. The van der Waals surface area contributed by atoms with Crippen LogP contribution in [0.15, 0.2) is 49.1 Å². The SMILES string of the molecule is CCCCCCCC[n+]1ccc(C2OCC3(CO2)COC(c2cc[n+](CCCCCCCC)cc2)OC3)cc1.[Br-].[Br-]. The van der Waals surface area contributed by atoms with Crippen LogP contribution in [0.3, 0.4) is 0 Å². The first-order valence-electron chi connectivity index (χ1n) is 15.7. The lowest BCUT2D eigenvalue weighted by Crippen LogP contribution is -3.00. The number of pyridine rings is 2. The number of ether oxygens (including phenoxy) is 4. The van der Waals surface area contributed by atoms with Gasteiger partial charge in [0.05, 0.1) is 31.8 Å². The Morgan fingerprint density at radius 2 is 0.854 bits per heavy atom. The summed E-state index contributed by atoms with van der Waals surface area (Å²) in [5, 5.41) is 0. The summed E-state index contributed by atoms with van der Waals surface area (Å²) >= 11 is 0. The minimum absolute atomic E-state index is 0. The van der Waals surface area contributed by atoms with Crippen LogP contribution >= 0.6 is 0 Å². The fourth-order valence-electron chi connectivity index (χ4n) is 5.44. The molecule has 2 aliphatic heterocycles. The van der Waals surface area contributed by atoms with Crippen molar-refractivity contribution in [2.24, 2.45) is 5.41 Å². The molecule has 2 saturated heterocycles. The van der Waals surface area contributed by atoms with Crippen molar-refractivity contribution < 1.29 is 62.0 Å². The molecule has 4 rings (SSSR count). The maximum absolute atomic E-state index is 6.16. The van der Waals surface area contributed by atoms with E-state index in [9.17, 15) is 0 Å². The summed E-state index contributed by atoms with van der Waals surface area (Å²) in [6, 6.07) is 8.49. The summed E-state index contributed by atoms with van der Waals surface area (Å²) < 4.78 is 29.2. The van der Waals surface area contributed by atoms with E-state index in [2.05, 4.69) is 72.0 Å². The third kappa shape index (κ3) is 12.0. The van der Waals surface area contributed by atoms with Gasteiger partial charge in [-0.3, -0.25) is 0 Å². The summed E-state index contributed by atoms with van der Waals surface area (Å²) in [6.07, 6.45) is 23.7. The zero-order valence-corrected chi connectivity index (χ0v) is 28.5. The molecule has 0 N–H and O–H groups in total. The first-order chi connectivity index (χ1) is 19.2. The maximum Gasteiger partial charge on any atom is 0.184 e. The van der Waals surface area contributed by atoms with Crippen LogP contribution in [0.4, 0.5) is 0 Å². The zero-order valence-electron chi connectivity index (χ0n) is 25.3. The van der Waals surface area contributed by atoms with Crippen LogP contribution in [0.2, 0.25) is 0 Å². The molecular weight excluding hydrogens is 648 g/mol. The molecule has 2 aromatic rings. The highest BCUT2D eigenvalue weighted by Crippen LogP contribution is 2.37. The Balaban J connectivity index is 0.00000294. The average Bonchev–Trinajstić information content (AvgIpc) is 2.98. The van der Waals surface area contributed by atoms with E-state index in [0.29, 0.717) is 26.4 Å². The van der Waals surface area contributed by atoms with Crippen molar-refractivity contribution in [3.63, 3.8) is 0 Å². The maximum atomic E-state index is 6.16. The first kappa shape index (κ1) is 36.3. The number of unbranched alkanes of at least 4 members (excludes halogenated alkanes) is 10. The first-order valence-corrected chi connectivity index (χ1v) is 15.7. The smallest absolute Gasteiger partial charge is 0.184 e. The molecule has 2 aliphatic rings. The molecule has 0 aliphatic carbocycles. The van der Waals surface area contributed by atoms with E-state index in [1.165, 1.54) is 77.0 Å². The van der Waals surface area contributed by atoms with Gasteiger partial charge < -0.3 is 52.9 Å². The molecule has 41 heavy (non-hydrogen) atoms. The predicted octanol–water partition coefficient (Wildman–Crippen LogP) is 0.768. The monoisotopic (exact) mass is 698 g/mol. The second kappa shape index (κ2) is 20.1. The molecule has 0 atom stereocenters. The normalized spacial score (nSPS) is 22.2. The molecule has 232 valence electrons. The molecule has 1 spiro atoms. The second-order valence-electron chi connectivity index (χ2n) is 11.7. The van der Waals surface area contributed by atoms with E-state index in [-0.39, 0.29) is 52.0 Å². The number of halogens is 2. The number of hydrogen-bond acceptors (Lipinski definition) is 4. The molecule has 0 radical (unpaired) electrons. The Kier molecular flexibility index (Phi) is 17.8. The minimum Gasteiger partial charge on any atom is -1.00 e. The van der Waals surface area contributed by atoms with Crippen LogP contribution in [0, 0.1) is 5.41 Å². The fraction of sp³-hybridized carbons (Fsp3) is 0.697. The molecule has 6 nitrogen and oxygen atoms in total. The lowest BCUT2D eigenvalue weighted by Gasteiger charge is -2.43. The number of rotatable bonds is 16. The lowest BCUT2D eigenvalue weighted by molar-refractivity contribution is -0.697. The summed E-state index contributed by atoms with van der Waals surface area (Å²) in [5.41, 5.74) is 1.89. The van der Waals surface area contributed by atoms with Crippen LogP contribution in [0.5, 0.6) is 0 Å². The van der Waals surface area contributed by atoms with Crippen LogP contribution in [0.25, 0.3) is 0 Å². The van der Waals surface area contributed by atoms with E-state index < -0.39 is 0 Å². The van der Waals surface area contributed by atoms with Gasteiger partial charge in [-0.15, -0.1) is 0 Å². The van der Waals surface area contributed by atoms with Gasteiger partial charge in [0, 0.05) is 48.2 Å². The molecule has 0 saturated carbocycles. The van der Waals surface area contributed by atoms with Crippen LogP contribution < -0.4 is 43.1 Å². The Morgan fingerprint density at radius 1 is 0.537 bits per heavy atom. The summed E-state index contributed by atoms with van der Waals surface area (Å²) in [7, 11) is 0. The summed E-state index contributed by atoms with van der Waals surface area (Å²) in [4.78, 5) is 0. The largest absolute Gasteiger partial charge is 1.00 e. The molecule has 0 aromatic carbocycles. The molecule has 8 heteroatoms. The highest BCUT2D eigenvalue weighted by molar-refractivity contribution is 5.11. The fourth-order valence-corrected chi connectivity index (χ4v) is 5.44. The third-order valence-electron chi connectivity index (χ3n) is 8.08. The predicted molar refractivity (Wildman–Crippen MR) is 152 cm³/mol. The summed E-state index contributed by atoms with van der Waals surface area (Å²) in [5.74, 6) is 0. The van der Waals surface area contributed by atoms with Crippen LogP contribution in [-0.4, -0.2) is 26.4 Å². The highest BCUT2D eigenvalue weighted by atomic mass is 79.9. The number of aromatic nitrogens is 2. The van der Waals surface area contributed by atoms with E-state index >= 15 is 0 Å². The van der Waals surface area contributed by atoms with Crippen LogP contribution in [0.1, 0.15) is 115 Å². The van der Waals surface area contributed by atoms with Gasteiger partial charge in [-0.1, -0.05) is 65.2 Å². The lowest BCUT2D eigenvalue weighted by atomic mass is 9.90. The Morgan fingerprint density at radius 3 is 1.20 bits per heavy atom. The molecule has 0 bridgehead atoms. The zero-order chi connectivity index (χ0) is 27.2. The summed E-state index contributed by atoms with van der Waals surface area (Å²) in [6.45, 7) is 8.96. The van der Waals surface area contributed by atoms with Gasteiger partial charge in [-0.25, -0.2) is 9.13 Å². The molecule has 0 amide bonds. The molecule has 0 unspecified atom stereocenters. The minimum atomic E-state index is -0.326. The van der Waals surface area contributed by atoms with Gasteiger partial charge in [-0.2, -0.15) is 0 Å². The van der Waals surface area contributed by atoms with E-state index in [1.54, 1.807) is 0 Å². The topological polar surface area (TPSA) is 44.7 Å². The highest BCUT2D eigenvalue weighted by Gasteiger charge is 2.42. The van der Waals surface area contributed by atoms with Crippen molar-refractivity contribution in [2.75, 3.05) is 26.4 Å². The van der Waals surface area contributed by atoms with Gasteiger partial charge in [-0.05, 0) is 12.8 Å². The van der Waals surface area contributed by atoms with Gasteiger partial charge in [0.25, 0.3) is 0 Å². The van der Waals surface area contributed by atoms with Gasteiger partial charge in [0.2, 0.25) is 0 Å². The number of hydrogen-bond donors (Lipinski definition) is 0. The standard InChI is InChI=1S/C33H52N2O4.2BrH/c1-3-5-7-9-11-13-19-34-21-15-29(16-22-34)31-36-25-33(26-37-31)27-38-32(39-28-33)30-17-23-35(24-18-30)20-14-12-10-8-6-4-2;;/h15-18,21-24,31-32H,3-14,19-20,25-28H2,1-2H3;2*1H/q+2;;/p-2. The van der Waals surface area contributed by atoms with E-state index in [1.807, 2.05) is 0 Å². The van der Waals surface area contributed by atoms with Crippen molar-refractivity contribution in [1.82, 2.24) is 0 Å². The van der Waals surface area contributed by atoms with Crippen molar-refractivity contribution in [3.8, 4) is 0 Å². The van der Waals surface area contributed by atoms with Crippen molar-refractivity contribution >= 4 is 0 Å². The average molecular weight is 701 g/mol. The third-order valence-corrected chi connectivity index (χ3v) is 8.08. The number of aryl methyl sites for hydroxylation is 2. The molecule has 4 heterocycles. The van der Waals surface area contributed by atoms with Gasteiger partial charge in [0.1, 0.15) is 13.1 Å².